The van der Waals surface area contributed by atoms with Gasteiger partial charge in [-0.3, -0.25) is 14.4 Å². The maximum atomic E-state index is 12.4. The maximum absolute atomic E-state index is 12.4. The first-order chi connectivity index (χ1) is 13.4. The number of carbonyl (C=O) groups is 3. The van der Waals surface area contributed by atoms with Gasteiger partial charge in [0.15, 0.2) is 5.69 Å². The highest BCUT2D eigenvalue weighted by Crippen LogP contribution is 2.24. The van der Waals surface area contributed by atoms with E-state index < -0.39 is 0 Å². The molecule has 0 aliphatic heterocycles. The van der Waals surface area contributed by atoms with Crippen molar-refractivity contribution in [1.29, 1.82) is 0 Å². The Bertz CT molecular complexity index is 784. The number of aromatic nitrogens is 1. The number of carbonyl (C=O) groups excluding carboxylic acids is 2. The quantitative estimate of drug-likeness (QED) is 0.602. The summed E-state index contributed by atoms with van der Waals surface area (Å²) in [6.45, 7) is 0.375. The lowest BCUT2D eigenvalue weighted by atomic mass is 9.92. The molecule has 0 spiro atoms. The molecule has 1 aliphatic rings. The molecule has 3 N–H and O–H groups in total. The fourth-order valence-corrected chi connectivity index (χ4v) is 2.93. The predicted molar refractivity (Wildman–Crippen MR) is 97.6 cm³/mol. The van der Waals surface area contributed by atoms with Gasteiger partial charge in [0, 0.05) is 18.0 Å². The highest BCUT2D eigenvalue weighted by molar-refractivity contribution is 5.93. The van der Waals surface area contributed by atoms with Gasteiger partial charge < -0.3 is 29.6 Å². The van der Waals surface area contributed by atoms with Gasteiger partial charge in [0.05, 0.1) is 19.4 Å². The molecule has 10 heteroatoms. The van der Waals surface area contributed by atoms with E-state index >= 15 is 0 Å². The van der Waals surface area contributed by atoms with Gasteiger partial charge in [-0.2, -0.15) is 0 Å². The molecule has 2 amide bonds. The molecule has 3 rings (SSSR count). The van der Waals surface area contributed by atoms with E-state index in [1.165, 1.54) is 0 Å². The number of rotatable bonds is 6. The molecule has 2 heterocycles. The Morgan fingerprint density at radius 1 is 1.43 bits per heavy atom. The molecule has 1 unspecified atom stereocenters. The monoisotopic (exact) mass is 392 g/mol. The molecule has 1 aliphatic carbocycles. The Balaban J connectivity index is 0.000000878. The van der Waals surface area contributed by atoms with E-state index in [2.05, 4.69) is 15.8 Å². The molecule has 10 nitrogen and oxygen atoms in total. The number of likely N-dealkylation sites (N-methyl/N-ethyl adjacent to an activating group) is 1. The van der Waals surface area contributed by atoms with Crippen molar-refractivity contribution in [3.63, 3.8) is 0 Å². The number of hydrogen-bond acceptors (Lipinski definition) is 7. The maximum Gasteiger partial charge on any atom is 0.290 e. The zero-order valence-corrected chi connectivity index (χ0v) is 15.8. The van der Waals surface area contributed by atoms with Crippen LogP contribution in [-0.2, 0) is 29.0 Å². The van der Waals surface area contributed by atoms with E-state index in [1.54, 1.807) is 18.4 Å². The van der Waals surface area contributed by atoms with Crippen molar-refractivity contribution >= 4 is 18.3 Å². The van der Waals surface area contributed by atoms with E-state index in [0.29, 0.717) is 25.1 Å². The Morgan fingerprint density at radius 3 is 2.82 bits per heavy atom. The Morgan fingerprint density at radius 2 is 2.18 bits per heavy atom. The van der Waals surface area contributed by atoms with Crippen LogP contribution in [0.3, 0.4) is 0 Å². The van der Waals surface area contributed by atoms with E-state index in [9.17, 15) is 9.59 Å². The van der Waals surface area contributed by atoms with Crippen LogP contribution in [0.2, 0.25) is 0 Å². The van der Waals surface area contributed by atoms with E-state index in [-0.39, 0.29) is 36.6 Å². The van der Waals surface area contributed by atoms with E-state index in [4.69, 9.17) is 18.8 Å². The van der Waals surface area contributed by atoms with Gasteiger partial charge in [0.25, 0.3) is 12.4 Å². The van der Waals surface area contributed by atoms with Crippen LogP contribution >= 0.6 is 0 Å². The summed E-state index contributed by atoms with van der Waals surface area (Å²) in [5.74, 6) is 1.06. The molecular formula is C18H24N4O6. The normalized spacial score (nSPS) is 15.2. The third-order valence-electron chi connectivity index (χ3n) is 4.08. The summed E-state index contributed by atoms with van der Waals surface area (Å²) in [5.41, 5.74) is 1.06. The lowest BCUT2D eigenvalue weighted by molar-refractivity contribution is -0.123. The van der Waals surface area contributed by atoms with Crippen LogP contribution in [0.4, 0.5) is 0 Å². The first kappa shape index (κ1) is 21.2. The number of amides is 2. The molecule has 0 saturated carbocycles. The zero-order chi connectivity index (χ0) is 20.5. The molecule has 0 fully saturated rings. The molecule has 1 atom stereocenters. The fourth-order valence-electron chi connectivity index (χ4n) is 2.93. The summed E-state index contributed by atoms with van der Waals surface area (Å²) in [7, 11) is 3.69. The van der Waals surface area contributed by atoms with Crippen LogP contribution in [0, 0.1) is 0 Å². The van der Waals surface area contributed by atoms with Crippen LogP contribution in [0.5, 0.6) is 0 Å². The number of aryl methyl sites for hydroxylation is 1. The number of furan rings is 1. The van der Waals surface area contributed by atoms with Crippen molar-refractivity contribution in [3.8, 4) is 0 Å². The molecule has 2 aromatic heterocycles. The van der Waals surface area contributed by atoms with Crippen LogP contribution in [0.25, 0.3) is 0 Å². The van der Waals surface area contributed by atoms with Crippen molar-refractivity contribution in [2.75, 3.05) is 20.6 Å². The van der Waals surface area contributed by atoms with Crippen molar-refractivity contribution in [3.05, 3.63) is 41.2 Å². The second-order valence-corrected chi connectivity index (χ2v) is 6.55. The highest BCUT2D eigenvalue weighted by atomic mass is 16.5. The first-order valence-corrected chi connectivity index (χ1v) is 8.74. The smallest absolute Gasteiger partial charge is 0.290 e. The molecule has 0 bridgehead atoms. The molecular weight excluding hydrogens is 368 g/mol. The third kappa shape index (κ3) is 5.95. The lowest BCUT2D eigenvalue weighted by Gasteiger charge is -2.23. The van der Waals surface area contributed by atoms with Crippen molar-refractivity contribution in [2.45, 2.75) is 31.8 Å². The minimum absolute atomic E-state index is 0.0176. The number of nitrogens with one attached hydrogen (secondary N) is 2. The number of hydrogen-bond donors (Lipinski definition) is 3. The zero-order valence-electron chi connectivity index (χ0n) is 15.8. The van der Waals surface area contributed by atoms with Gasteiger partial charge in [-0.05, 0) is 39.1 Å². The summed E-state index contributed by atoms with van der Waals surface area (Å²) in [5, 5.41) is 16.6. The summed E-state index contributed by atoms with van der Waals surface area (Å²) in [6.07, 6.45) is 3.53. The number of fused-ring (bicyclic) bond motifs is 1. The minimum Gasteiger partial charge on any atom is -0.483 e. The van der Waals surface area contributed by atoms with Crippen molar-refractivity contribution in [2.24, 2.45) is 0 Å². The van der Waals surface area contributed by atoms with Gasteiger partial charge in [0.1, 0.15) is 11.5 Å². The topological polar surface area (TPSA) is 138 Å². The standard InChI is InChI=1S/C17H22N4O4.CH2O2/c1-21(2)10-15(22)19-11-5-6-14-13(8-11)16(20-25-14)17(23)18-9-12-4-3-7-24-12;2-1-3/h3-4,7,11H,5-6,8-10H2,1-2H3,(H,18,23)(H,19,22);1H,(H,2,3). The number of nitrogens with zero attached hydrogens (tertiary/aromatic N) is 2. The van der Waals surface area contributed by atoms with Crippen LogP contribution < -0.4 is 10.6 Å². The van der Waals surface area contributed by atoms with Gasteiger partial charge >= 0.3 is 0 Å². The van der Waals surface area contributed by atoms with Gasteiger partial charge in [0.2, 0.25) is 5.91 Å². The highest BCUT2D eigenvalue weighted by Gasteiger charge is 2.29. The summed E-state index contributed by atoms with van der Waals surface area (Å²) < 4.78 is 10.5. The van der Waals surface area contributed by atoms with Gasteiger partial charge in [-0.15, -0.1) is 0 Å². The Kier molecular flexibility index (Phi) is 7.76. The second-order valence-electron chi connectivity index (χ2n) is 6.55. The summed E-state index contributed by atoms with van der Waals surface area (Å²) in [6, 6.07) is 3.53. The minimum atomic E-state index is -0.304. The summed E-state index contributed by atoms with van der Waals surface area (Å²) >= 11 is 0. The number of carboxylic acid groups (broad SMARTS) is 1. The molecule has 0 aromatic carbocycles. The molecule has 2 aromatic rings. The predicted octanol–water partition coefficient (Wildman–Crippen LogP) is 0.434. The Labute approximate surface area is 161 Å². The van der Waals surface area contributed by atoms with Gasteiger partial charge in [-0.1, -0.05) is 5.16 Å². The average Bonchev–Trinajstić information content (AvgIpc) is 3.29. The molecule has 28 heavy (non-hydrogen) atoms. The molecule has 0 radical (unpaired) electrons. The average molecular weight is 392 g/mol. The Hall–Kier alpha value is -3.14. The molecule has 152 valence electrons. The van der Waals surface area contributed by atoms with Gasteiger partial charge in [-0.25, -0.2) is 0 Å². The first-order valence-electron chi connectivity index (χ1n) is 8.74. The molecule has 0 saturated heterocycles. The summed E-state index contributed by atoms with van der Waals surface area (Å²) in [4.78, 5) is 34.5. The van der Waals surface area contributed by atoms with E-state index in [1.807, 2.05) is 19.0 Å². The van der Waals surface area contributed by atoms with Crippen molar-refractivity contribution < 1.29 is 28.4 Å². The third-order valence-corrected chi connectivity index (χ3v) is 4.08. The second kappa shape index (κ2) is 10.3. The lowest BCUT2D eigenvalue weighted by Crippen LogP contribution is -2.43. The largest absolute Gasteiger partial charge is 0.483 e. The van der Waals surface area contributed by atoms with Crippen molar-refractivity contribution in [1.82, 2.24) is 20.7 Å². The fraction of sp³-hybridized carbons (Fsp3) is 0.444. The van der Waals surface area contributed by atoms with Crippen LogP contribution in [0.15, 0.2) is 27.3 Å². The van der Waals surface area contributed by atoms with Crippen LogP contribution in [-0.4, -0.2) is 60.1 Å². The van der Waals surface area contributed by atoms with Crippen LogP contribution in [0.1, 0.15) is 34.0 Å². The SMILES string of the molecule is CN(C)CC(=O)NC1CCc2onc(C(=O)NCc3ccco3)c2C1.O=CO. The van der Waals surface area contributed by atoms with E-state index in [0.717, 1.165) is 17.7 Å².